The lowest BCUT2D eigenvalue weighted by molar-refractivity contribution is -0.192. The Bertz CT molecular complexity index is 1060. The molecule has 0 unspecified atom stereocenters. The molecular formula is C18H19F3N6O4. The third kappa shape index (κ3) is 5.78. The second-order valence-corrected chi connectivity index (χ2v) is 6.97. The van der Waals surface area contributed by atoms with Crippen LogP contribution in [0.25, 0.3) is 10.9 Å². The average Bonchev–Trinajstić information content (AvgIpc) is 3.34. The summed E-state index contributed by atoms with van der Waals surface area (Å²) in [5, 5.41) is 23.1. The van der Waals surface area contributed by atoms with Crippen molar-refractivity contribution in [2.45, 2.75) is 19.3 Å². The quantitative estimate of drug-likeness (QED) is 0.575. The number of nitrogens with zero attached hydrogens (tertiary/aromatic N) is 5. The Morgan fingerprint density at radius 1 is 1.32 bits per heavy atom. The van der Waals surface area contributed by atoms with E-state index in [2.05, 4.69) is 48.3 Å². The van der Waals surface area contributed by atoms with Gasteiger partial charge in [0.25, 0.3) is 0 Å². The molecule has 1 aromatic carbocycles. The van der Waals surface area contributed by atoms with Gasteiger partial charge < -0.3 is 9.84 Å². The molecule has 0 radical (unpaired) electrons. The number of carboxylic acids is 1. The highest BCUT2D eigenvalue weighted by atomic mass is 19.4. The van der Waals surface area contributed by atoms with Crippen LogP contribution in [0.1, 0.15) is 16.1 Å². The lowest BCUT2D eigenvalue weighted by Gasteiger charge is -2.39. The lowest BCUT2D eigenvalue weighted by atomic mass is 9.99. The molecule has 31 heavy (non-hydrogen) atoms. The fourth-order valence-electron chi connectivity index (χ4n) is 3.11. The third-order valence-electron chi connectivity index (χ3n) is 4.57. The minimum atomic E-state index is -5.08. The predicted octanol–water partition coefficient (Wildman–Crippen LogP) is 1.71. The number of carbonyl (C=O) groups is 2. The van der Waals surface area contributed by atoms with Crippen molar-refractivity contribution in [2.24, 2.45) is 5.92 Å². The summed E-state index contributed by atoms with van der Waals surface area (Å²) in [6, 6.07) is 6.39. The van der Waals surface area contributed by atoms with Crippen LogP contribution in [-0.2, 0) is 22.6 Å². The Kier molecular flexibility index (Phi) is 6.53. The summed E-state index contributed by atoms with van der Waals surface area (Å²) in [6.45, 7) is 3.71. The number of halogens is 3. The highest BCUT2D eigenvalue weighted by Gasteiger charge is 2.38. The van der Waals surface area contributed by atoms with Gasteiger partial charge in [-0.05, 0) is 11.6 Å². The Labute approximate surface area is 173 Å². The van der Waals surface area contributed by atoms with Crippen molar-refractivity contribution in [3.8, 4) is 0 Å². The Morgan fingerprint density at radius 2 is 2.03 bits per heavy atom. The summed E-state index contributed by atoms with van der Waals surface area (Å²) in [4.78, 5) is 22.7. The van der Waals surface area contributed by atoms with Gasteiger partial charge in [0.1, 0.15) is 0 Å². The van der Waals surface area contributed by atoms with Gasteiger partial charge in [-0.15, -0.1) is 5.10 Å². The van der Waals surface area contributed by atoms with Gasteiger partial charge in [0.2, 0.25) is 0 Å². The number of nitrogens with one attached hydrogen (secondary N) is 1. The molecule has 13 heteroatoms. The molecule has 4 rings (SSSR count). The summed E-state index contributed by atoms with van der Waals surface area (Å²) >= 11 is 0. The smallest absolute Gasteiger partial charge is 0.475 e. The Morgan fingerprint density at radius 3 is 2.68 bits per heavy atom. The van der Waals surface area contributed by atoms with Crippen LogP contribution in [0.2, 0.25) is 0 Å². The molecule has 1 fully saturated rings. The third-order valence-corrected chi connectivity index (χ3v) is 4.57. The number of rotatable bonds is 5. The van der Waals surface area contributed by atoms with E-state index in [1.165, 1.54) is 12.7 Å². The summed E-state index contributed by atoms with van der Waals surface area (Å²) in [5.74, 6) is -2.69. The SMILES string of the molecule is COC(=O)c1cn(CC2CN(Cc3ccc4cn[nH]c4c3)C2)nn1.O=C(O)C(F)(F)F. The maximum atomic E-state index is 11.4. The van der Waals surface area contributed by atoms with Crippen molar-refractivity contribution in [3.05, 3.63) is 41.9 Å². The van der Waals surface area contributed by atoms with Gasteiger partial charge in [0, 0.05) is 37.5 Å². The number of carbonyl (C=O) groups excluding carboxylic acids is 1. The molecular weight excluding hydrogens is 421 g/mol. The first-order valence-corrected chi connectivity index (χ1v) is 9.08. The molecule has 0 bridgehead atoms. The number of carboxylic acid groups (broad SMARTS) is 1. The van der Waals surface area contributed by atoms with Crippen LogP contribution < -0.4 is 0 Å². The van der Waals surface area contributed by atoms with E-state index in [0.717, 1.165) is 37.1 Å². The number of aliphatic carboxylic acids is 1. The Hall–Kier alpha value is -3.48. The van der Waals surface area contributed by atoms with E-state index in [1.54, 1.807) is 10.9 Å². The van der Waals surface area contributed by atoms with Crippen molar-refractivity contribution >= 4 is 22.8 Å². The van der Waals surface area contributed by atoms with Gasteiger partial charge in [-0.1, -0.05) is 17.3 Å². The largest absolute Gasteiger partial charge is 0.490 e. The highest BCUT2D eigenvalue weighted by Crippen LogP contribution is 2.22. The van der Waals surface area contributed by atoms with E-state index in [0.29, 0.717) is 5.92 Å². The van der Waals surface area contributed by atoms with E-state index in [4.69, 9.17) is 9.90 Å². The second-order valence-electron chi connectivity index (χ2n) is 6.97. The maximum Gasteiger partial charge on any atom is 0.490 e. The molecule has 2 N–H and O–H groups in total. The molecule has 1 saturated heterocycles. The van der Waals surface area contributed by atoms with Gasteiger partial charge in [-0.25, -0.2) is 9.59 Å². The van der Waals surface area contributed by atoms with Crippen LogP contribution in [0.3, 0.4) is 0 Å². The van der Waals surface area contributed by atoms with Crippen molar-refractivity contribution in [1.29, 1.82) is 0 Å². The normalized spacial score (nSPS) is 14.6. The molecule has 1 aliphatic rings. The van der Waals surface area contributed by atoms with Crippen LogP contribution in [0.5, 0.6) is 0 Å². The first-order valence-electron chi connectivity index (χ1n) is 9.08. The van der Waals surface area contributed by atoms with Crippen molar-refractivity contribution < 1.29 is 32.6 Å². The van der Waals surface area contributed by atoms with Crippen LogP contribution in [0.15, 0.2) is 30.6 Å². The molecule has 3 heterocycles. The number of hydrogen-bond acceptors (Lipinski definition) is 7. The van der Waals surface area contributed by atoms with E-state index >= 15 is 0 Å². The first kappa shape index (κ1) is 22.2. The maximum absolute atomic E-state index is 11.4. The predicted molar refractivity (Wildman–Crippen MR) is 99.9 cm³/mol. The molecule has 1 aliphatic heterocycles. The number of aromatic nitrogens is 5. The van der Waals surface area contributed by atoms with Gasteiger partial charge in [0.15, 0.2) is 5.69 Å². The number of benzene rings is 1. The summed E-state index contributed by atoms with van der Waals surface area (Å²) in [5.41, 5.74) is 2.60. The lowest BCUT2D eigenvalue weighted by Crippen LogP contribution is -2.47. The number of fused-ring (bicyclic) bond motifs is 1. The molecule has 0 atom stereocenters. The zero-order valence-corrected chi connectivity index (χ0v) is 16.3. The van der Waals surface area contributed by atoms with Crippen LogP contribution in [0.4, 0.5) is 13.2 Å². The average molecular weight is 440 g/mol. The number of likely N-dealkylation sites (tertiary alicyclic amines) is 1. The summed E-state index contributed by atoms with van der Waals surface area (Å²) in [6.07, 6.45) is -1.61. The second kappa shape index (κ2) is 9.12. The zero-order chi connectivity index (χ0) is 22.6. The summed E-state index contributed by atoms with van der Waals surface area (Å²) < 4.78 is 38.1. The van der Waals surface area contributed by atoms with E-state index < -0.39 is 18.1 Å². The van der Waals surface area contributed by atoms with Gasteiger partial charge in [-0.2, -0.15) is 18.3 Å². The highest BCUT2D eigenvalue weighted by molar-refractivity contribution is 5.86. The van der Waals surface area contributed by atoms with Gasteiger partial charge in [0.05, 0.1) is 25.0 Å². The monoisotopic (exact) mass is 440 g/mol. The van der Waals surface area contributed by atoms with Crippen molar-refractivity contribution in [1.82, 2.24) is 30.1 Å². The number of hydrogen-bond donors (Lipinski definition) is 2. The molecule has 0 saturated carbocycles. The zero-order valence-electron chi connectivity index (χ0n) is 16.3. The minimum absolute atomic E-state index is 0.251. The van der Waals surface area contributed by atoms with Crippen molar-refractivity contribution in [3.63, 3.8) is 0 Å². The van der Waals surface area contributed by atoms with Crippen LogP contribution >= 0.6 is 0 Å². The van der Waals surface area contributed by atoms with Gasteiger partial charge >= 0.3 is 18.1 Å². The topological polar surface area (TPSA) is 126 Å². The number of esters is 1. The van der Waals surface area contributed by atoms with Crippen LogP contribution in [-0.4, -0.2) is 73.5 Å². The number of aromatic amines is 1. The molecule has 0 spiro atoms. The van der Waals surface area contributed by atoms with Gasteiger partial charge in [-0.3, -0.25) is 14.7 Å². The molecule has 0 amide bonds. The van der Waals surface area contributed by atoms with Crippen LogP contribution in [0, 0.1) is 5.92 Å². The minimum Gasteiger partial charge on any atom is -0.475 e. The molecule has 10 nitrogen and oxygen atoms in total. The van der Waals surface area contributed by atoms with Crippen molar-refractivity contribution in [2.75, 3.05) is 20.2 Å². The fourth-order valence-corrected chi connectivity index (χ4v) is 3.11. The molecule has 166 valence electrons. The summed E-state index contributed by atoms with van der Waals surface area (Å²) in [7, 11) is 1.34. The number of H-pyrrole nitrogens is 1. The number of alkyl halides is 3. The molecule has 0 aliphatic carbocycles. The number of methoxy groups -OCH3 is 1. The van der Waals surface area contributed by atoms with E-state index in [1.807, 2.05) is 6.20 Å². The fraction of sp³-hybridized carbons (Fsp3) is 0.389. The first-order chi connectivity index (χ1) is 14.7. The Balaban J connectivity index is 0.000000339. The molecule has 2 aromatic heterocycles. The number of ether oxygens (including phenoxy) is 1. The standard InChI is InChI=1S/C16H18N6O2.C2HF3O2/c1-24-16(23)15-10-22(20-19-15)9-12-7-21(8-12)6-11-2-3-13-5-17-18-14(13)4-11;3-2(4,5)1(6)7/h2-5,10,12H,6-9H2,1H3,(H,17,18);(H,6,7). The van der Waals surface area contributed by atoms with E-state index in [9.17, 15) is 18.0 Å². The van der Waals surface area contributed by atoms with E-state index in [-0.39, 0.29) is 5.69 Å². The molecule has 3 aromatic rings.